The number of aryl methyl sites for hydroxylation is 1. The number of ether oxygens (including phenoxy) is 2. The zero-order valence-corrected chi connectivity index (χ0v) is 14.8. The summed E-state index contributed by atoms with van der Waals surface area (Å²) >= 11 is 1.72. The molecule has 0 bridgehead atoms. The Morgan fingerprint density at radius 3 is 2.88 bits per heavy atom. The summed E-state index contributed by atoms with van der Waals surface area (Å²) in [7, 11) is 1.75. The highest BCUT2D eigenvalue weighted by molar-refractivity contribution is 7.11. The predicted octanol–water partition coefficient (Wildman–Crippen LogP) is 3.05. The molecule has 128 valence electrons. The fourth-order valence-electron chi connectivity index (χ4n) is 2.31. The molecule has 0 radical (unpaired) electrons. The highest BCUT2D eigenvalue weighted by Crippen LogP contribution is 2.32. The Hall–Kier alpha value is -2.28. The summed E-state index contributed by atoms with van der Waals surface area (Å²) in [6, 6.07) is 5.82. The SMILES string of the molecule is CCc1cnc(CNC(=NC)Nc2ccc3c(c2)OCCCO3)s1. The molecule has 7 heteroatoms. The van der Waals surface area contributed by atoms with E-state index < -0.39 is 0 Å². The number of hydrogen-bond donors (Lipinski definition) is 2. The Bertz CT molecular complexity index is 714. The normalized spacial score (nSPS) is 14.2. The number of rotatable bonds is 4. The number of hydrogen-bond acceptors (Lipinski definition) is 5. The van der Waals surface area contributed by atoms with Crippen molar-refractivity contribution in [3.63, 3.8) is 0 Å². The molecule has 0 saturated heterocycles. The van der Waals surface area contributed by atoms with E-state index in [-0.39, 0.29) is 0 Å². The maximum absolute atomic E-state index is 5.72. The van der Waals surface area contributed by atoms with Gasteiger partial charge in [0.1, 0.15) is 5.01 Å². The fourth-order valence-corrected chi connectivity index (χ4v) is 3.11. The lowest BCUT2D eigenvalue weighted by Gasteiger charge is -2.13. The van der Waals surface area contributed by atoms with Crippen molar-refractivity contribution < 1.29 is 9.47 Å². The number of guanidine groups is 1. The van der Waals surface area contributed by atoms with Crippen molar-refractivity contribution >= 4 is 23.0 Å². The first-order valence-corrected chi connectivity index (χ1v) is 8.91. The average Bonchev–Trinajstić information content (AvgIpc) is 2.95. The molecule has 0 amide bonds. The van der Waals surface area contributed by atoms with Gasteiger partial charge in [-0.3, -0.25) is 4.99 Å². The number of aromatic nitrogens is 1. The first-order chi connectivity index (χ1) is 11.8. The second-order valence-electron chi connectivity index (χ2n) is 5.34. The predicted molar refractivity (Wildman–Crippen MR) is 97.4 cm³/mol. The van der Waals surface area contributed by atoms with Gasteiger partial charge < -0.3 is 20.1 Å². The highest BCUT2D eigenvalue weighted by Gasteiger charge is 2.11. The van der Waals surface area contributed by atoms with Crippen molar-refractivity contribution in [3.8, 4) is 11.5 Å². The summed E-state index contributed by atoms with van der Waals surface area (Å²) in [6.07, 6.45) is 3.84. The van der Waals surface area contributed by atoms with E-state index in [1.165, 1.54) is 4.88 Å². The van der Waals surface area contributed by atoms with Crippen LogP contribution in [0, 0.1) is 0 Å². The number of fused-ring (bicyclic) bond motifs is 1. The Morgan fingerprint density at radius 1 is 1.29 bits per heavy atom. The van der Waals surface area contributed by atoms with E-state index in [1.807, 2.05) is 24.4 Å². The van der Waals surface area contributed by atoms with Crippen LogP contribution in [0.25, 0.3) is 0 Å². The van der Waals surface area contributed by atoms with Gasteiger partial charge in [0, 0.05) is 36.3 Å². The van der Waals surface area contributed by atoms with Crippen LogP contribution in [0.5, 0.6) is 11.5 Å². The van der Waals surface area contributed by atoms with Crippen LogP contribution >= 0.6 is 11.3 Å². The summed E-state index contributed by atoms with van der Waals surface area (Å²) in [5, 5.41) is 7.60. The molecule has 2 heterocycles. The lowest BCUT2D eigenvalue weighted by Crippen LogP contribution is -2.30. The van der Waals surface area contributed by atoms with Crippen LogP contribution in [-0.2, 0) is 13.0 Å². The van der Waals surface area contributed by atoms with Crippen molar-refractivity contribution in [2.45, 2.75) is 26.3 Å². The van der Waals surface area contributed by atoms with Gasteiger partial charge in [0.2, 0.25) is 0 Å². The Kier molecular flexibility index (Phi) is 5.53. The topological polar surface area (TPSA) is 67.8 Å². The van der Waals surface area contributed by atoms with Crippen LogP contribution in [0.1, 0.15) is 23.2 Å². The molecule has 3 rings (SSSR count). The molecule has 0 unspecified atom stereocenters. The summed E-state index contributed by atoms with van der Waals surface area (Å²) in [4.78, 5) is 9.95. The Morgan fingerprint density at radius 2 is 2.12 bits per heavy atom. The minimum Gasteiger partial charge on any atom is -0.490 e. The summed E-state index contributed by atoms with van der Waals surface area (Å²) in [5.41, 5.74) is 0.903. The molecule has 0 atom stereocenters. The van der Waals surface area contributed by atoms with E-state index in [0.29, 0.717) is 25.7 Å². The summed E-state index contributed by atoms with van der Waals surface area (Å²) in [5.74, 6) is 2.24. The van der Waals surface area contributed by atoms with Crippen LogP contribution in [0.4, 0.5) is 5.69 Å². The maximum atomic E-state index is 5.72. The second-order valence-corrected chi connectivity index (χ2v) is 6.54. The van der Waals surface area contributed by atoms with Gasteiger partial charge in [-0.2, -0.15) is 0 Å². The third kappa shape index (κ3) is 4.17. The van der Waals surface area contributed by atoms with Crippen molar-refractivity contribution in [1.82, 2.24) is 10.3 Å². The molecule has 0 saturated carbocycles. The van der Waals surface area contributed by atoms with E-state index >= 15 is 0 Å². The van der Waals surface area contributed by atoms with E-state index in [0.717, 1.165) is 35.0 Å². The van der Waals surface area contributed by atoms with Crippen LogP contribution in [0.15, 0.2) is 29.4 Å². The molecule has 6 nitrogen and oxygen atoms in total. The van der Waals surface area contributed by atoms with Gasteiger partial charge >= 0.3 is 0 Å². The number of aliphatic imine (C=N–C) groups is 1. The van der Waals surface area contributed by atoms with Gasteiger partial charge in [0.25, 0.3) is 0 Å². The van der Waals surface area contributed by atoms with Crippen LogP contribution < -0.4 is 20.1 Å². The molecule has 1 aromatic carbocycles. The minimum absolute atomic E-state index is 0.648. The molecule has 1 aliphatic heterocycles. The molecule has 0 spiro atoms. The summed E-state index contributed by atoms with van der Waals surface area (Å²) in [6.45, 7) is 4.15. The van der Waals surface area contributed by atoms with Crippen LogP contribution in [0.3, 0.4) is 0 Å². The molecule has 1 aromatic heterocycles. The van der Waals surface area contributed by atoms with Gasteiger partial charge in [-0.1, -0.05) is 6.92 Å². The number of nitrogens with one attached hydrogen (secondary N) is 2. The molecule has 0 aliphatic carbocycles. The van der Waals surface area contributed by atoms with Crippen molar-refractivity contribution in [1.29, 1.82) is 0 Å². The second kappa shape index (κ2) is 8.01. The van der Waals surface area contributed by atoms with E-state index in [1.54, 1.807) is 18.4 Å². The first-order valence-electron chi connectivity index (χ1n) is 8.09. The van der Waals surface area contributed by atoms with Crippen molar-refractivity contribution in [3.05, 3.63) is 34.3 Å². The average molecular weight is 346 g/mol. The summed E-state index contributed by atoms with van der Waals surface area (Å²) < 4.78 is 11.4. The van der Waals surface area contributed by atoms with Gasteiger partial charge in [-0.25, -0.2) is 4.98 Å². The van der Waals surface area contributed by atoms with Crippen LogP contribution in [0.2, 0.25) is 0 Å². The van der Waals surface area contributed by atoms with Gasteiger partial charge in [0.15, 0.2) is 17.5 Å². The van der Waals surface area contributed by atoms with Gasteiger partial charge in [-0.05, 0) is 18.6 Å². The minimum atomic E-state index is 0.648. The van der Waals surface area contributed by atoms with Crippen LogP contribution in [-0.4, -0.2) is 31.2 Å². The quantitative estimate of drug-likeness (QED) is 0.658. The largest absolute Gasteiger partial charge is 0.490 e. The number of benzene rings is 1. The standard InChI is InChI=1S/C17H22N4O2S/c1-3-13-10-19-16(24-13)11-20-17(18-2)21-12-5-6-14-15(9-12)23-8-4-7-22-14/h5-6,9-10H,3-4,7-8,11H2,1-2H3,(H2,18,20,21). The highest BCUT2D eigenvalue weighted by atomic mass is 32.1. The van der Waals surface area contributed by atoms with Crippen molar-refractivity contribution in [2.24, 2.45) is 4.99 Å². The zero-order chi connectivity index (χ0) is 16.8. The lowest BCUT2D eigenvalue weighted by molar-refractivity contribution is 0.297. The molecular weight excluding hydrogens is 324 g/mol. The number of anilines is 1. The Labute approximate surface area is 145 Å². The Balaban J connectivity index is 1.61. The smallest absolute Gasteiger partial charge is 0.195 e. The molecule has 2 aromatic rings. The molecule has 2 N–H and O–H groups in total. The fraction of sp³-hybridized carbons (Fsp3) is 0.412. The van der Waals surface area contributed by atoms with Gasteiger partial charge in [0.05, 0.1) is 19.8 Å². The molecule has 0 fully saturated rings. The van der Waals surface area contributed by atoms with Gasteiger partial charge in [-0.15, -0.1) is 11.3 Å². The monoisotopic (exact) mass is 346 g/mol. The molecule has 1 aliphatic rings. The number of thiazole rings is 1. The molecular formula is C17H22N4O2S. The zero-order valence-electron chi connectivity index (χ0n) is 14.0. The van der Waals surface area contributed by atoms with Crippen molar-refractivity contribution in [2.75, 3.05) is 25.6 Å². The molecule has 24 heavy (non-hydrogen) atoms. The number of nitrogens with zero attached hydrogens (tertiary/aromatic N) is 2. The lowest BCUT2D eigenvalue weighted by atomic mass is 10.3. The maximum Gasteiger partial charge on any atom is 0.195 e. The third-order valence-electron chi connectivity index (χ3n) is 3.59. The van der Waals surface area contributed by atoms with E-state index in [9.17, 15) is 0 Å². The first kappa shape index (κ1) is 16.6. The third-order valence-corrected chi connectivity index (χ3v) is 4.73. The van der Waals surface area contributed by atoms with E-state index in [2.05, 4.69) is 27.5 Å². The van der Waals surface area contributed by atoms with E-state index in [4.69, 9.17) is 9.47 Å².